The minimum Gasteiger partial charge on any atom is -0.448 e. The van der Waals surface area contributed by atoms with Gasteiger partial charge in [0.2, 0.25) is 11.5 Å². The van der Waals surface area contributed by atoms with Crippen molar-refractivity contribution >= 4 is 63.5 Å². The van der Waals surface area contributed by atoms with Gasteiger partial charge in [-0.05, 0) is 16.7 Å². The maximum absolute atomic E-state index is 13.7. The number of carbonyl (C=O) groups excluding carboxylic acids is 3. The van der Waals surface area contributed by atoms with Crippen LogP contribution in [0.15, 0.2) is 89.7 Å². The Labute approximate surface area is 254 Å². The third-order valence-corrected chi connectivity index (χ3v) is 8.54. The highest BCUT2D eigenvalue weighted by molar-refractivity contribution is 8.00. The SMILES string of the molecule is C=CCO/N=C(/C(=O)NC1C(=O)N2C(C(=O)OC(c3ccccc3)c3ccccc3)=C(CCl)CS[C@H]12)c1nsc(N)n1. The van der Waals surface area contributed by atoms with E-state index in [1.807, 2.05) is 60.7 Å². The summed E-state index contributed by atoms with van der Waals surface area (Å²) in [7, 11) is 0. The molecule has 0 spiro atoms. The van der Waals surface area contributed by atoms with Crippen molar-refractivity contribution in [2.45, 2.75) is 17.5 Å². The van der Waals surface area contributed by atoms with E-state index in [1.165, 1.54) is 22.7 Å². The minimum absolute atomic E-state index is 0.0284. The molecule has 1 saturated heterocycles. The first-order chi connectivity index (χ1) is 20.4. The zero-order chi connectivity index (χ0) is 29.6. The Morgan fingerprint density at radius 3 is 2.43 bits per heavy atom. The molecule has 11 nitrogen and oxygen atoms in total. The minimum atomic E-state index is -0.957. The number of esters is 1. The molecule has 1 unspecified atom stereocenters. The lowest BCUT2D eigenvalue weighted by Crippen LogP contribution is -2.71. The van der Waals surface area contributed by atoms with E-state index in [4.69, 9.17) is 26.9 Å². The Hall–Kier alpha value is -4.20. The Morgan fingerprint density at radius 2 is 1.86 bits per heavy atom. The summed E-state index contributed by atoms with van der Waals surface area (Å²) in [5.41, 5.74) is 7.61. The van der Waals surface area contributed by atoms with Crippen molar-refractivity contribution in [3.8, 4) is 0 Å². The first-order valence-electron chi connectivity index (χ1n) is 12.7. The molecule has 0 radical (unpaired) electrons. The molecular weight excluding hydrogens is 600 g/mol. The number of benzene rings is 2. The van der Waals surface area contributed by atoms with E-state index >= 15 is 0 Å². The number of ether oxygens (including phenoxy) is 1. The van der Waals surface area contributed by atoms with Crippen molar-refractivity contribution in [2.24, 2.45) is 5.16 Å². The number of hydrogen-bond acceptors (Lipinski definition) is 11. The summed E-state index contributed by atoms with van der Waals surface area (Å²) in [5, 5.41) is 6.05. The van der Waals surface area contributed by atoms with Crippen LogP contribution in [0.1, 0.15) is 23.1 Å². The van der Waals surface area contributed by atoms with Gasteiger partial charge in [0.15, 0.2) is 11.2 Å². The monoisotopic (exact) mass is 624 g/mol. The van der Waals surface area contributed by atoms with Gasteiger partial charge in [0.25, 0.3) is 11.8 Å². The molecular formula is C28H25ClN6O5S2. The molecule has 216 valence electrons. The van der Waals surface area contributed by atoms with E-state index < -0.39 is 35.3 Å². The van der Waals surface area contributed by atoms with Gasteiger partial charge in [-0.15, -0.1) is 23.4 Å². The third kappa shape index (κ3) is 6.03. The van der Waals surface area contributed by atoms with Gasteiger partial charge in [0, 0.05) is 23.2 Å². The van der Waals surface area contributed by atoms with Crippen LogP contribution in [0.3, 0.4) is 0 Å². The van der Waals surface area contributed by atoms with E-state index in [1.54, 1.807) is 0 Å². The summed E-state index contributed by atoms with van der Waals surface area (Å²) < 4.78 is 10.1. The third-order valence-electron chi connectivity index (χ3n) is 6.33. The van der Waals surface area contributed by atoms with Gasteiger partial charge >= 0.3 is 5.97 Å². The Balaban J connectivity index is 1.37. The number of nitrogens with two attached hydrogens (primary N) is 1. The molecule has 14 heteroatoms. The smallest absolute Gasteiger partial charge is 0.356 e. The molecule has 2 amide bonds. The summed E-state index contributed by atoms with van der Waals surface area (Å²) >= 11 is 8.48. The van der Waals surface area contributed by atoms with E-state index in [-0.39, 0.29) is 34.9 Å². The molecule has 42 heavy (non-hydrogen) atoms. The largest absolute Gasteiger partial charge is 0.448 e. The predicted octanol–water partition coefficient (Wildman–Crippen LogP) is 3.25. The lowest BCUT2D eigenvalue weighted by atomic mass is 10.0. The number of rotatable bonds is 11. The quantitative estimate of drug-likeness (QED) is 0.0623. The van der Waals surface area contributed by atoms with Crippen molar-refractivity contribution in [1.29, 1.82) is 0 Å². The fourth-order valence-electron chi connectivity index (χ4n) is 4.40. The van der Waals surface area contributed by atoms with Crippen LogP contribution >= 0.6 is 34.9 Å². The number of nitrogens with one attached hydrogen (secondary N) is 1. The van der Waals surface area contributed by atoms with Gasteiger partial charge in [-0.3, -0.25) is 14.5 Å². The van der Waals surface area contributed by atoms with Crippen LogP contribution in [0.2, 0.25) is 0 Å². The number of nitrogen functional groups attached to an aromatic ring is 1. The van der Waals surface area contributed by atoms with Crippen LogP contribution in [0, 0.1) is 0 Å². The number of carbonyl (C=O) groups is 3. The average Bonchev–Trinajstić information content (AvgIpc) is 3.46. The molecule has 0 saturated carbocycles. The second kappa shape index (κ2) is 13.2. The zero-order valence-electron chi connectivity index (χ0n) is 22.0. The molecule has 5 rings (SSSR count). The van der Waals surface area contributed by atoms with Crippen molar-refractivity contribution in [2.75, 3.05) is 24.0 Å². The summed E-state index contributed by atoms with van der Waals surface area (Å²) in [5.74, 6) is -1.57. The standard InChI is InChI=1S/C28H25ClN6O5S2/c1-2-13-39-33-19(23-32-28(30)42-34-23)24(36)31-20-25(37)35-21(18(14-29)15-41-26(20)35)27(38)40-22(16-9-5-3-6-10-16)17-11-7-4-8-12-17/h2-12,20,22,26H,1,13-15H2,(H,31,36)(H2,30,32,34)/b33-19+/t20?,26-/m1/s1. The Morgan fingerprint density at radius 1 is 1.19 bits per heavy atom. The summed E-state index contributed by atoms with van der Waals surface area (Å²) in [6.07, 6.45) is 0.742. The van der Waals surface area contributed by atoms with E-state index in [0.29, 0.717) is 11.3 Å². The van der Waals surface area contributed by atoms with Crippen LogP contribution in [0.25, 0.3) is 0 Å². The van der Waals surface area contributed by atoms with Gasteiger partial charge in [-0.25, -0.2) is 4.79 Å². The zero-order valence-corrected chi connectivity index (χ0v) is 24.4. The molecule has 3 heterocycles. The predicted molar refractivity (Wildman–Crippen MR) is 161 cm³/mol. The number of oxime groups is 1. The lowest BCUT2D eigenvalue weighted by molar-refractivity contribution is -0.154. The van der Waals surface area contributed by atoms with Crippen LogP contribution in [-0.2, 0) is 24.0 Å². The number of amides is 2. The summed E-state index contributed by atoms with van der Waals surface area (Å²) in [6.45, 7) is 3.58. The van der Waals surface area contributed by atoms with Gasteiger partial charge < -0.3 is 20.6 Å². The Bertz CT molecular complexity index is 1510. The van der Waals surface area contributed by atoms with Crippen molar-refractivity contribution in [3.63, 3.8) is 0 Å². The van der Waals surface area contributed by atoms with Crippen LogP contribution in [0.5, 0.6) is 0 Å². The summed E-state index contributed by atoms with van der Waals surface area (Å²) in [4.78, 5) is 50.8. The van der Waals surface area contributed by atoms with E-state index in [2.05, 4.69) is 26.4 Å². The van der Waals surface area contributed by atoms with E-state index in [9.17, 15) is 14.4 Å². The molecule has 1 aromatic heterocycles. The maximum atomic E-state index is 13.7. The fraction of sp³-hybridized carbons (Fsp3) is 0.214. The number of fused-ring (bicyclic) bond motifs is 1. The number of aromatic nitrogens is 2. The second-order valence-corrected chi connectivity index (χ2v) is 11.2. The molecule has 2 aliphatic heterocycles. The fourth-order valence-corrected chi connectivity index (χ4v) is 6.51. The molecule has 2 aliphatic rings. The molecule has 0 bridgehead atoms. The van der Waals surface area contributed by atoms with Crippen LogP contribution in [-0.4, -0.2) is 67.4 Å². The van der Waals surface area contributed by atoms with Gasteiger partial charge in [-0.2, -0.15) is 9.36 Å². The van der Waals surface area contributed by atoms with Crippen LogP contribution in [0.4, 0.5) is 5.13 Å². The first kappa shape index (κ1) is 29.3. The van der Waals surface area contributed by atoms with Crippen molar-refractivity contribution in [3.05, 3.63) is 102 Å². The number of hydrogen-bond donors (Lipinski definition) is 2. The average molecular weight is 625 g/mol. The molecule has 1 fully saturated rings. The highest BCUT2D eigenvalue weighted by Crippen LogP contribution is 2.42. The maximum Gasteiger partial charge on any atom is 0.356 e. The Kier molecular flexibility index (Phi) is 9.20. The summed E-state index contributed by atoms with van der Waals surface area (Å²) in [6, 6.07) is 17.7. The van der Waals surface area contributed by atoms with Gasteiger partial charge in [-0.1, -0.05) is 78.5 Å². The lowest BCUT2D eigenvalue weighted by Gasteiger charge is -2.49. The molecule has 2 aromatic carbocycles. The van der Waals surface area contributed by atoms with Crippen molar-refractivity contribution in [1.82, 2.24) is 19.6 Å². The van der Waals surface area contributed by atoms with E-state index in [0.717, 1.165) is 22.7 Å². The number of halogens is 1. The topological polar surface area (TPSA) is 149 Å². The number of anilines is 1. The normalized spacial score (nSPS) is 18.3. The number of nitrogens with zero attached hydrogens (tertiary/aromatic N) is 4. The number of β-lactam (4-membered cyclic amide) rings is 1. The van der Waals surface area contributed by atoms with Gasteiger partial charge in [0.05, 0.1) is 0 Å². The molecule has 2 atom stereocenters. The highest BCUT2D eigenvalue weighted by Gasteiger charge is 2.55. The number of alkyl halides is 1. The second-order valence-electron chi connectivity index (χ2n) is 9.03. The highest BCUT2D eigenvalue weighted by atomic mass is 35.5. The van der Waals surface area contributed by atoms with Gasteiger partial charge in [0.1, 0.15) is 23.7 Å². The molecule has 3 N–H and O–H groups in total. The molecule has 3 aromatic rings. The molecule has 0 aliphatic carbocycles. The first-order valence-corrected chi connectivity index (χ1v) is 15.0. The van der Waals surface area contributed by atoms with Crippen LogP contribution < -0.4 is 11.1 Å². The van der Waals surface area contributed by atoms with Crippen molar-refractivity contribution < 1.29 is 24.0 Å². The number of thioether (sulfide) groups is 1.